The smallest absolute Gasteiger partial charge is 0.0945 e. The second kappa shape index (κ2) is 6.50. The molecule has 2 nitrogen and oxygen atoms in total. The molecule has 1 aromatic rings. The molecule has 2 fully saturated rings. The van der Waals surface area contributed by atoms with Gasteiger partial charge in [-0.25, -0.2) is 0 Å². The van der Waals surface area contributed by atoms with Crippen molar-refractivity contribution in [3.8, 4) is 0 Å². The molecule has 0 spiro atoms. The second-order valence-corrected chi connectivity index (χ2v) is 6.90. The lowest BCUT2D eigenvalue weighted by Crippen LogP contribution is -2.38. The lowest BCUT2D eigenvalue weighted by molar-refractivity contribution is -0.115. The minimum Gasteiger partial charge on any atom is -0.385 e. The van der Waals surface area contributed by atoms with Gasteiger partial charge < -0.3 is 9.84 Å². The Morgan fingerprint density at radius 2 is 1.71 bits per heavy atom. The van der Waals surface area contributed by atoms with Crippen molar-refractivity contribution in [3.05, 3.63) is 35.4 Å². The first kappa shape index (κ1) is 15.1. The van der Waals surface area contributed by atoms with Crippen molar-refractivity contribution < 1.29 is 9.84 Å². The van der Waals surface area contributed by atoms with Gasteiger partial charge in [0, 0.05) is 12.8 Å². The molecule has 3 rings (SSSR count). The summed E-state index contributed by atoms with van der Waals surface area (Å²) >= 11 is 0. The third kappa shape index (κ3) is 3.49. The number of ether oxygens (including phenoxy) is 1. The maximum Gasteiger partial charge on any atom is 0.0945 e. The van der Waals surface area contributed by atoms with Gasteiger partial charge in [-0.05, 0) is 36.8 Å². The van der Waals surface area contributed by atoms with Gasteiger partial charge in [0.25, 0.3) is 0 Å². The summed E-state index contributed by atoms with van der Waals surface area (Å²) in [5, 5.41) is 11.0. The van der Waals surface area contributed by atoms with Gasteiger partial charge in [-0.15, -0.1) is 0 Å². The number of hydrogen-bond donors (Lipinski definition) is 1. The summed E-state index contributed by atoms with van der Waals surface area (Å²) < 4.78 is 5.85. The van der Waals surface area contributed by atoms with Crippen LogP contribution in [0.3, 0.4) is 0 Å². The van der Waals surface area contributed by atoms with Crippen molar-refractivity contribution in [2.24, 2.45) is 0 Å². The van der Waals surface area contributed by atoms with Crippen LogP contribution in [0.25, 0.3) is 0 Å². The number of benzene rings is 1. The summed E-state index contributed by atoms with van der Waals surface area (Å²) in [7, 11) is 0. The predicted octanol–water partition coefficient (Wildman–Crippen LogP) is 4.34. The van der Waals surface area contributed by atoms with Gasteiger partial charge in [-0.1, -0.05) is 50.5 Å². The molecule has 2 unspecified atom stereocenters. The molecule has 2 heterocycles. The van der Waals surface area contributed by atoms with Crippen molar-refractivity contribution in [2.75, 3.05) is 0 Å². The van der Waals surface area contributed by atoms with Crippen LogP contribution in [0.15, 0.2) is 24.3 Å². The monoisotopic (exact) mass is 288 g/mol. The van der Waals surface area contributed by atoms with Crippen molar-refractivity contribution in [3.63, 3.8) is 0 Å². The molecule has 0 radical (unpaired) electrons. The molecule has 0 saturated carbocycles. The predicted molar refractivity (Wildman–Crippen MR) is 85.3 cm³/mol. The molecule has 2 saturated heterocycles. The molecule has 0 amide bonds. The quantitative estimate of drug-likeness (QED) is 0.789. The Hall–Kier alpha value is -0.860. The van der Waals surface area contributed by atoms with Crippen LogP contribution in [0.4, 0.5) is 0 Å². The fourth-order valence-corrected chi connectivity index (χ4v) is 3.89. The molecule has 2 bridgehead atoms. The molecular weight excluding hydrogens is 260 g/mol. The van der Waals surface area contributed by atoms with Crippen molar-refractivity contribution >= 4 is 0 Å². The number of aliphatic hydroxyl groups is 1. The SMILES string of the molecule is CCCCCCc1ccc(C2(O)CC3CCC(C2)O3)cc1. The molecule has 0 aliphatic carbocycles. The van der Waals surface area contributed by atoms with E-state index in [1.807, 2.05) is 0 Å². The van der Waals surface area contributed by atoms with Crippen LogP contribution < -0.4 is 0 Å². The summed E-state index contributed by atoms with van der Waals surface area (Å²) in [5.41, 5.74) is 1.82. The second-order valence-electron chi connectivity index (χ2n) is 6.90. The molecule has 2 aliphatic rings. The number of fused-ring (bicyclic) bond motifs is 2. The number of aryl methyl sites for hydroxylation is 1. The molecule has 1 aromatic carbocycles. The standard InChI is InChI=1S/C19H28O2/c1-2-3-4-5-6-15-7-9-16(10-8-15)19(20)13-17-11-12-18(14-19)21-17/h7-10,17-18,20H,2-6,11-14H2,1H3. The molecule has 0 aromatic heterocycles. The first-order valence-corrected chi connectivity index (χ1v) is 8.67. The van der Waals surface area contributed by atoms with Crippen molar-refractivity contribution in [1.29, 1.82) is 0 Å². The summed E-state index contributed by atoms with van der Waals surface area (Å²) in [6, 6.07) is 8.69. The fourth-order valence-electron chi connectivity index (χ4n) is 3.89. The lowest BCUT2D eigenvalue weighted by Gasteiger charge is -2.37. The van der Waals surface area contributed by atoms with E-state index in [1.165, 1.54) is 31.2 Å². The normalized spacial score (nSPS) is 31.5. The van der Waals surface area contributed by atoms with Gasteiger partial charge in [0.1, 0.15) is 0 Å². The number of rotatable bonds is 6. The van der Waals surface area contributed by atoms with Gasteiger partial charge in [-0.3, -0.25) is 0 Å². The Kier molecular flexibility index (Phi) is 4.66. The maximum absolute atomic E-state index is 11.0. The van der Waals surface area contributed by atoms with E-state index in [-0.39, 0.29) is 12.2 Å². The zero-order chi connectivity index (χ0) is 14.7. The van der Waals surface area contributed by atoms with E-state index in [1.54, 1.807) is 0 Å². The fraction of sp³-hybridized carbons (Fsp3) is 0.684. The third-order valence-corrected chi connectivity index (χ3v) is 5.14. The Morgan fingerprint density at radius 1 is 1.05 bits per heavy atom. The highest BCUT2D eigenvalue weighted by atomic mass is 16.5. The van der Waals surface area contributed by atoms with E-state index in [4.69, 9.17) is 4.74 Å². The number of unbranched alkanes of at least 4 members (excludes halogenated alkanes) is 3. The molecule has 21 heavy (non-hydrogen) atoms. The molecule has 2 heteroatoms. The Morgan fingerprint density at radius 3 is 2.33 bits per heavy atom. The van der Waals surface area contributed by atoms with Crippen LogP contribution in [0.5, 0.6) is 0 Å². The average Bonchev–Trinajstić information content (AvgIpc) is 2.84. The summed E-state index contributed by atoms with van der Waals surface area (Å²) in [6.45, 7) is 2.25. The summed E-state index contributed by atoms with van der Waals surface area (Å²) in [6.07, 6.45) is 10.7. The van der Waals surface area contributed by atoms with E-state index in [9.17, 15) is 5.11 Å². The first-order valence-electron chi connectivity index (χ1n) is 8.67. The van der Waals surface area contributed by atoms with Crippen LogP contribution >= 0.6 is 0 Å². The van der Waals surface area contributed by atoms with E-state index in [0.717, 1.165) is 37.7 Å². The molecular formula is C19H28O2. The maximum atomic E-state index is 11.0. The molecule has 116 valence electrons. The van der Waals surface area contributed by atoms with Gasteiger partial charge in [-0.2, -0.15) is 0 Å². The van der Waals surface area contributed by atoms with Crippen LogP contribution in [0, 0.1) is 0 Å². The molecule has 2 aliphatic heterocycles. The number of hydrogen-bond acceptors (Lipinski definition) is 2. The van der Waals surface area contributed by atoms with Gasteiger partial charge >= 0.3 is 0 Å². The van der Waals surface area contributed by atoms with Crippen LogP contribution in [0.2, 0.25) is 0 Å². The van der Waals surface area contributed by atoms with E-state index in [2.05, 4.69) is 31.2 Å². The lowest BCUT2D eigenvalue weighted by atomic mass is 9.83. The molecule has 2 atom stereocenters. The highest BCUT2D eigenvalue weighted by Crippen LogP contribution is 2.43. The van der Waals surface area contributed by atoms with E-state index >= 15 is 0 Å². The molecule has 1 N–H and O–H groups in total. The average molecular weight is 288 g/mol. The van der Waals surface area contributed by atoms with E-state index < -0.39 is 5.60 Å². The third-order valence-electron chi connectivity index (χ3n) is 5.14. The van der Waals surface area contributed by atoms with Crippen molar-refractivity contribution in [1.82, 2.24) is 0 Å². The topological polar surface area (TPSA) is 29.5 Å². The largest absolute Gasteiger partial charge is 0.385 e. The zero-order valence-corrected chi connectivity index (χ0v) is 13.2. The van der Waals surface area contributed by atoms with Gasteiger partial charge in [0.15, 0.2) is 0 Å². The Labute approximate surface area is 128 Å². The Balaban J connectivity index is 1.61. The van der Waals surface area contributed by atoms with Crippen LogP contribution in [-0.4, -0.2) is 17.3 Å². The highest BCUT2D eigenvalue weighted by Gasteiger charge is 2.44. The first-order chi connectivity index (χ1) is 10.2. The van der Waals surface area contributed by atoms with Gasteiger partial charge in [0.05, 0.1) is 17.8 Å². The van der Waals surface area contributed by atoms with Gasteiger partial charge in [0.2, 0.25) is 0 Å². The van der Waals surface area contributed by atoms with Crippen LogP contribution in [-0.2, 0) is 16.8 Å². The summed E-state index contributed by atoms with van der Waals surface area (Å²) in [5.74, 6) is 0. The highest BCUT2D eigenvalue weighted by molar-refractivity contribution is 5.28. The zero-order valence-electron chi connectivity index (χ0n) is 13.2. The van der Waals surface area contributed by atoms with Crippen molar-refractivity contribution in [2.45, 2.75) is 82.5 Å². The van der Waals surface area contributed by atoms with Crippen LogP contribution in [0.1, 0.15) is 69.4 Å². The minimum atomic E-state index is -0.662. The minimum absolute atomic E-state index is 0.266. The van der Waals surface area contributed by atoms with E-state index in [0.29, 0.717) is 0 Å². The summed E-state index contributed by atoms with van der Waals surface area (Å²) in [4.78, 5) is 0. The Bertz CT molecular complexity index is 439.